The van der Waals surface area contributed by atoms with Crippen molar-refractivity contribution in [2.45, 2.75) is 6.92 Å². The number of halogens is 3. The molecule has 0 radical (unpaired) electrons. The third-order valence-corrected chi connectivity index (χ3v) is 2.62. The van der Waals surface area contributed by atoms with E-state index in [2.05, 4.69) is 0 Å². The van der Waals surface area contributed by atoms with Crippen LogP contribution < -0.4 is 5.19 Å². The molecule has 0 atom stereocenters. The lowest BCUT2D eigenvalue weighted by Gasteiger charge is -2.04. The molecule has 0 amide bonds. The van der Waals surface area contributed by atoms with Crippen molar-refractivity contribution in [3.05, 3.63) is 29.8 Å². The van der Waals surface area contributed by atoms with E-state index >= 15 is 0 Å². The number of benzene rings is 1. The summed E-state index contributed by atoms with van der Waals surface area (Å²) in [5.74, 6) is 0. The summed E-state index contributed by atoms with van der Waals surface area (Å²) in [7, 11) is -5.58. The van der Waals surface area contributed by atoms with E-state index in [1.54, 1.807) is 6.07 Å². The minimum Gasteiger partial charge on any atom is -0.234 e. The quantitative estimate of drug-likeness (QED) is 0.454. The van der Waals surface area contributed by atoms with E-state index in [1.165, 1.54) is 19.1 Å². The average Bonchev–Trinajstić information content (AvgIpc) is 1.86. The van der Waals surface area contributed by atoms with E-state index in [1.807, 2.05) is 0 Å². The van der Waals surface area contributed by atoms with E-state index < -0.39 is 14.3 Å². The maximum absolute atomic E-state index is 12.2. The minimum atomic E-state index is -5.58. The first kappa shape index (κ1) is 8.32. The molecule has 0 spiro atoms. The van der Waals surface area contributed by atoms with Gasteiger partial charge in [-0.05, 0) is 12.5 Å². The molecule has 1 aromatic rings. The van der Waals surface area contributed by atoms with E-state index in [-0.39, 0.29) is 0 Å². The molecule has 0 saturated heterocycles. The van der Waals surface area contributed by atoms with Crippen molar-refractivity contribution in [2.24, 2.45) is 0 Å². The lowest BCUT2D eigenvalue weighted by atomic mass is 10.2. The van der Waals surface area contributed by atoms with Gasteiger partial charge in [0.2, 0.25) is 0 Å². The van der Waals surface area contributed by atoms with E-state index in [4.69, 9.17) is 0 Å². The van der Waals surface area contributed by atoms with Gasteiger partial charge in [-0.3, -0.25) is 0 Å². The topological polar surface area (TPSA) is 0 Å². The van der Waals surface area contributed by atoms with Crippen LogP contribution in [0.15, 0.2) is 24.3 Å². The van der Waals surface area contributed by atoms with Crippen molar-refractivity contribution in [2.75, 3.05) is 0 Å². The van der Waals surface area contributed by atoms with Gasteiger partial charge in [0.25, 0.3) is 0 Å². The molecule has 0 aliphatic carbocycles. The Labute approximate surface area is 64.2 Å². The van der Waals surface area contributed by atoms with Crippen LogP contribution in [0.3, 0.4) is 0 Å². The van der Waals surface area contributed by atoms with Gasteiger partial charge in [0.15, 0.2) is 0 Å². The molecule has 60 valence electrons. The summed E-state index contributed by atoms with van der Waals surface area (Å²) in [5.41, 5.74) is 0.326. The Balaban J connectivity index is 3.14. The average molecular weight is 176 g/mol. The first-order valence-electron chi connectivity index (χ1n) is 3.14. The highest BCUT2D eigenvalue weighted by molar-refractivity contribution is 6.74. The number of hydrogen-bond donors (Lipinski definition) is 0. The molecular formula is C7H7F3Si. The molecule has 0 saturated carbocycles. The highest BCUT2D eigenvalue weighted by Gasteiger charge is 2.40. The Hall–Kier alpha value is -0.773. The second-order valence-corrected chi connectivity index (χ2v) is 3.85. The van der Waals surface area contributed by atoms with Gasteiger partial charge < -0.3 is 0 Å². The van der Waals surface area contributed by atoms with Gasteiger partial charge in [0.1, 0.15) is 0 Å². The monoisotopic (exact) mass is 176 g/mol. The molecule has 0 fully saturated rings. The predicted molar refractivity (Wildman–Crippen MR) is 39.9 cm³/mol. The van der Waals surface area contributed by atoms with Crippen molar-refractivity contribution in [3.8, 4) is 0 Å². The molecule has 0 aromatic heterocycles. The van der Waals surface area contributed by atoms with Gasteiger partial charge in [-0.1, -0.05) is 24.3 Å². The molecule has 0 N–H and O–H groups in total. The SMILES string of the molecule is Cc1ccccc1[Si](F)(F)F. The summed E-state index contributed by atoms with van der Waals surface area (Å²) in [6.07, 6.45) is 0. The second kappa shape index (κ2) is 2.69. The Morgan fingerprint density at radius 1 is 1.09 bits per heavy atom. The zero-order valence-electron chi connectivity index (χ0n) is 5.94. The Bertz CT molecular complexity index is 254. The van der Waals surface area contributed by atoms with Crippen LogP contribution in [0, 0.1) is 6.92 Å². The fourth-order valence-electron chi connectivity index (χ4n) is 0.891. The summed E-state index contributed by atoms with van der Waals surface area (Å²) < 4.78 is 36.6. The number of hydrogen-bond acceptors (Lipinski definition) is 0. The number of aryl methyl sites for hydroxylation is 1. The normalized spacial score (nSPS) is 11.6. The van der Waals surface area contributed by atoms with Crippen molar-refractivity contribution in [3.63, 3.8) is 0 Å². The van der Waals surface area contributed by atoms with Crippen molar-refractivity contribution in [1.82, 2.24) is 0 Å². The lowest BCUT2D eigenvalue weighted by molar-refractivity contribution is 0.500. The third-order valence-electron chi connectivity index (χ3n) is 1.45. The number of rotatable bonds is 1. The summed E-state index contributed by atoms with van der Waals surface area (Å²) in [6.45, 7) is 1.48. The molecule has 0 heterocycles. The molecule has 1 rings (SSSR count). The molecule has 1 aromatic carbocycles. The molecular weight excluding hydrogens is 169 g/mol. The third kappa shape index (κ3) is 1.83. The molecule has 0 aliphatic rings. The van der Waals surface area contributed by atoms with E-state index in [0.717, 1.165) is 6.07 Å². The lowest BCUT2D eigenvalue weighted by Crippen LogP contribution is -2.35. The molecule has 4 heteroatoms. The van der Waals surface area contributed by atoms with E-state index in [0.29, 0.717) is 5.56 Å². The van der Waals surface area contributed by atoms with Crippen LogP contribution >= 0.6 is 0 Å². The zero-order chi connectivity index (χ0) is 8.48. The van der Waals surface area contributed by atoms with Crippen LogP contribution in [-0.4, -0.2) is 9.08 Å². The standard InChI is InChI=1S/C7H7F3Si/c1-6-4-2-3-5-7(6)11(8,9)10/h2-5H,1H3. The van der Waals surface area contributed by atoms with Crippen LogP contribution in [0.4, 0.5) is 12.3 Å². The fourth-order valence-corrected chi connectivity index (χ4v) is 1.71. The van der Waals surface area contributed by atoms with Crippen molar-refractivity contribution >= 4 is 14.3 Å². The van der Waals surface area contributed by atoms with Crippen molar-refractivity contribution in [1.29, 1.82) is 0 Å². The van der Waals surface area contributed by atoms with Crippen LogP contribution in [-0.2, 0) is 0 Å². The van der Waals surface area contributed by atoms with Crippen LogP contribution in [0.25, 0.3) is 0 Å². The van der Waals surface area contributed by atoms with E-state index in [9.17, 15) is 12.3 Å². The summed E-state index contributed by atoms with van der Waals surface area (Å²) in [5, 5.41) is -0.417. The maximum Gasteiger partial charge on any atom is 0.653 e. The smallest absolute Gasteiger partial charge is 0.234 e. The maximum atomic E-state index is 12.2. The largest absolute Gasteiger partial charge is 0.653 e. The Morgan fingerprint density at radius 3 is 2.00 bits per heavy atom. The Morgan fingerprint density at radius 2 is 1.64 bits per heavy atom. The van der Waals surface area contributed by atoms with Gasteiger partial charge in [-0.15, -0.1) is 0 Å². The zero-order valence-corrected chi connectivity index (χ0v) is 6.94. The first-order chi connectivity index (χ1) is 5.02. The highest BCUT2D eigenvalue weighted by Crippen LogP contribution is 2.10. The van der Waals surface area contributed by atoms with Gasteiger partial charge in [-0.25, -0.2) is 12.3 Å². The fraction of sp³-hybridized carbons (Fsp3) is 0.143. The molecule has 0 bridgehead atoms. The summed E-state index contributed by atoms with van der Waals surface area (Å²) in [6, 6.07) is 5.65. The first-order valence-corrected chi connectivity index (χ1v) is 4.78. The summed E-state index contributed by atoms with van der Waals surface area (Å²) >= 11 is 0. The van der Waals surface area contributed by atoms with Gasteiger partial charge >= 0.3 is 9.08 Å². The molecule has 0 unspecified atom stereocenters. The molecule has 0 nitrogen and oxygen atoms in total. The Kier molecular flexibility index (Phi) is 2.04. The molecule has 0 aliphatic heterocycles. The minimum absolute atomic E-state index is 0.326. The van der Waals surface area contributed by atoms with Crippen LogP contribution in [0.5, 0.6) is 0 Å². The summed E-state index contributed by atoms with van der Waals surface area (Å²) in [4.78, 5) is 0. The van der Waals surface area contributed by atoms with Crippen molar-refractivity contribution < 1.29 is 12.3 Å². The van der Waals surface area contributed by atoms with Crippen LogP contribution in [0.2, 0.25) is 0 Å². The highest BCUT2D eigenvalue weighted by atomic mass is 28.5. The van der Waals surface area contributed by atoms with Gasteiger partial charge in [0, 0.05) is 5.19 Å². The second-order valence-electron chi connectivity index (χ2n) is 2.31. The molecule has 11 heavy (non-hydrogen) atoms. The predicted octanol–water partition coefficient (Wildman–Crippen LogP) is 2.05. The van der Waals surface area contributed by atoms with Crippen LogP contribution in [0.1, 0.15) is 5.56 Å². The van der Waals surface area contributed by atoms with Gasteiger partial charge in [0.05, 0.1) is 0 Å². The van der Waals surface area contributed by atoms with Gasteiger partial charge in [-0.2, -0.15) is 0 Å².